The lowest BCUT2D eigenvalue weighted by Gasteiger charge is -2.32. The van der Waals surface area contributed by atoms with Gasteiger partial charge in [-0.2, -0.15) is 0 Å². The van der Waals surface area contributed by atoms with Crippen LogP contribution in [-0.4, -0.2) is 45.7 Å². The molecule has 0 bridgehead atoms. The van der Waals surface area contributed by atoms with Crippen molar-refractivity contribution in [3.63, 3.8) is 0 Å². The average Bonchev–Trinajstić information content (AvgIpc) is 2.12. The minimum atomic E-state index is -1.06. The van der Waals surface area contributed by atoms with E-state index in [-0.39, 0.29) is 12.5 Å². The number of carbonyl (C=O) groups is 2. The van der Waals surface area contributed by atoms with Gasteiger partial charge in [-0.15, -0.1) is 0 Å². The molecule has 0 aromatic carbocycles. The molecule has 2 N–H and O–H groups in total. The van der Waals surface area contributed by atoms with Crippen molar-refractivity contribution < 1.29 is 19.8 Å². The Morgan fingerprint density at radius 2 is 1.93 bits per heavy atom. The molecular weight excluding hydrogens is 186 g/mol. The maximum atomic E-state index is 11.2. The molecular formula is C9H17NO4. The lowest BCUT2D eigenvalue weighted by Crippen LogP contribution is -2.49. The monoisotopic (exact) mass is 203 g/mol. The topological polar surface area (TPSA) is 77.8 Å². The third-order valence-electron chi connectivity index (χ3n) is 2.21. The summed E-state index contributed by atoms with van der Waals surface area (Å²) >= 11 is 0. The van der Waals surface area contributed by atoms with E-state index >= 15 is 0 Å². The summed E-state index contributed by atoms with van der Waals surface area (Å²) in [5, 5.41) is 17.8. The number of amides is 1. The highest BCUT2D eigenvalue weighted by molar-refractivity contribution is 5.82. The molecule has 0 saturated heterocycles. The Kier molecular flexibility index (Phi) is 5.15. The van der Waals surface area contributed by atoms with Crippen LogP contribution in [-0.2, 0) is 9.59 Å². The summed E-state index contributed by atoms with van der Waals surface area (Å²) in [5.74, 6) is -1.40. The Labute approximate surface area is 83.3 Å². The van der Waals surface area contributed by atoms with E-state index in [0.717, 1.165) is 0 Å². The lowest BCUT2D eigenvalue weighted by molar-refractivity contribution is -0.151. The zero-order chi connectivity index (χ0) is 11.3. The molecule has 0 aliphatic carbocycles. The van der Waals surface area contributed by atoms with Crippen molar-refractivity contribution >= 4 is 11.9 Å². The van der Waals surface area contributed by atoms with Gasteiger partial charge in [0, 0.05) is 6.92 Å². The summed E-state index contributed by atoms with van der Waals surface area (Å²) < 4.78 is 0. The molecule has 5 nitrogen and oxygen atoms in total. The van der Waals surface area contributed by atoms with Crippen LogP contribution in [0.15, 0.2) is 0 Å². The van der Waals surface area contributed by atoms with E-state index in [1.54, 1.807) is 6.92 Å². The van der Waals surface area contributed by atoms with Crippen molar-refractivity contribution in [1.29, 1.82) is 0 Å². The first-order valence-electron chi connectivity index (χ1n) is 4.58. The first kappa shape index (κ1) is 12.9. The molecule has 82 valence electrons. The van der Waals surface area contributed by atoms with E-state index in [4.69, 9.17) is 10.2 Å². The zero-order valence-corrected chi connectivity index (χ0v) is 8.73. The Balaban J connectivity index is 4.74. The fourth-order valence-corrected chi connectivity index (χ4v) is 1.38. The summed E-state index contributed by atoms with van der Waals surface area (Å²) in [6, 6.07) is -1.32. The fourth-order valence-electron chi connectivity index (χ4n) is 1.38. The van der Waals surface area contributed by atoms with Gasteiger partial charge in [-0.05, 0) is 13.3 Å². The Morgan fingerprint density at radius 3 is 2.14 bits per heavy atom. The smallest absolute Gasteiger partial charge is 0.326 e. The van der Waals surface area contributed by atoms with Crippen LogP contribution >= 0.6 is 0 Å². The highest BCUT2D eigenvalue weighted by Gasteiger charge is 2.28. The number of aliphatic hydroxyl groups is 1. The maximum Gasteiger partial charge on any atom is 0.326 e. The van der Waals surface area contributed by atoms with Crippen LogP contribution in [0.4, 0.5) is 0 Å². The zero-order valence-electron chi connectivity index (χ0n) is 8.73. The number of hydrogen-bond acceptors (Lipinski definition) is 3. The minimum absolute atomic E-state index is 0.215. The van der Waals surface area contributed by atoms with Crippen molar-refractivity contribution in [2.75, 3.05) is 6.61 Å². The van der Waals surface area contributed by atoms with Crippen LogP contribution in [0.5, 0.6) is 0 Å². The number of aliphatic carboxylic acids is 1. The predicted molar refractivity (Wildman–Crippen MR) is 50.8 cm³/mol. The van der Waals surface area contributed by atoms with Crippen molar-refractivity contribution in [1.82, 2.24) is 4.90 Å². The van der Waals surface area contributed by atoms with E-state index < -0.39 is 18.1 Å². The third kappa shape index (κ3) is 2.99. The summed E-state index contributed by atoms with van der Waals surface area (Å²) in [5.41, 5.74) is 0. The number of hydrogen-bond donors (Lipinski definition) is 2. The average molecular weight is 203 g/mol. The SMILES string of the molecule is CCC(CO)N(C(C)=O)C(C)C(=O)O. The van der Waals surface area contributed by atoms with Gasteiger partial charge in [0.1, 0.15) is 6.04 Å². The van der Waals surface area contributed by atoms with Gasteiger partial charge in [-0.3, -0.25) is 4.79 Å². The molecule has 0 spiro atoms. The molecule has 5 heteroatoms. The van der Waals surface area contributed by atoms with Gasteiger partial charge in [0.2, 0.25) is 5.91 Å². The summed E-state index contributed by atoms with van der Waals surface area (Å²) in [6.45, 7) is 4.32. The largest absolute Gasteiger partial charge is 0.480 e. The second-order valence-electron chi connectivity index (χ2n) is 3.19. The molecule has 0 rings (SSSR count). The van der Waals surface area contributed by atoms with Crippen molar-refractivity contribution in [2.24, 2.45) is 0 Å². The molecule has 0 aliphatic rings. The molecule has 0 aromatic rings. The molecule has 2 unspecified atom stereocenters. The minimum Gasteiger partial charge on any atom is -0.480 e. The molecule has 0 aromatic heterocycles. The molecule has 0 heterocycles. The standard InChI is InChI=1S/C9H17NO4/c1-4-8(5-11)10(7(3)12)6(2)9(13)14/h6,8,11H,4-5H2,1-3H3,(H,13,14). The number of carbonyl (C=O) groups excluding carboxylic acids is 1. The van der Waals surface area contributed by atoms with E-state index in [2.05, 4.69) is 0 Å². The number of aliphatic hydroxyl groups excluding tert-OH is 1. The van der Waals surface area contributed by atoms with Gasteiger partial charge in [-0.25, -0.2) is 4.79 Å². The molecule has 0 fully saturated rings. The second-order valence-corrected chi connectivity index (χ2v) is 3.19. The van der Waals surface area contributed by atoms with E-state index in [0.29, 0.717) is 6.42 Å². The number of rotatable bonds is 5. The number of carboxylic acid groups (broad SMARTS) is 1. The molecule has 0 saturated carbocycles. The lowest BCUT2D eigenvalue weighted by atomic mass is 10.1. The van der Waals surface area contributed by atoms with Crippen LogP contribution in [0.3, 0.4) is 0 Å². The summed E-state index contributed by atoms with van der Waals surface area (Å²) in [7, 11) is 0. The second kappa shape index (κ2) is 5.59. The van der Waals surface area contributed by atoms with Crippen LogP contribution < -0.4 is 0 Å². The van der Waals surface area contributed by atoms with Gasteiger partial charge >= 0.3 is 5.97 Å². The highest BCUT2D eigenvalue weighted by atomic mass is 16.4. The third-order valence-corrected chi connectivity index (χ3v) is 2.21. The number of carboxylic acids is 1. The van der Waals surface area contributed by atoms with Crippen molar-refractivity contribution in [2.45, 2.75) is 39.3 Å². The molecule has 0 aliphatic heterocycles. The quantitative estimate of drug-likeness (QED) is 0.663. The van der Waals surface area contributed by atoms with Gasteiger partial charge in [0.15, 0.2) is 0 Å². The van der Waals surface area contributed by atoms with Crippen molar-refractivity contribution in [3.8, 4) is 0 Å². The van der Waals surface area contributed by atoms with Gasteiger partial charge in [-0.1, -0.05) is 6.92 Å². The van der Waals surface area contributed by atoms with Crippen LogP contribution in [0.1, 0.15) is 27.2 Å². The summed E-state index contributed by atoms with van der Waals surface area (Å²) in [6.07, 6.45) is 0.535. The van der Waals surface area contributed by atoms with Crippen LogP contribution in [0.25, 0.3) is 0 Å². The van der Waals surface area contributed by atoms with Crippen LogP contribution in [0, 0.1) is 0 Å². The fraction of sp³-hybridized carbons (Fsp3) is 0.778. The normalized spacial score (nSPS) is 14.6. The molecule has 2 atom stereocenters. The van der Waals surface area contributed by atoms with E-state index in [1.165, 1.54) is 18.7 Å². The van der Waals surface area contributed by atoms with E-state index in [1.807, 2.05) is 0 Å². The molecule has 1 amide bonds. The van der Waals surface area contributed by atoms with E-state index in [9.17, 15) is 9.59 Å². The molecule has 14 heavy (non-hydrogen) atoms. The molecule has 0 radical (unpaired) electrons. The Hall–Kier alpha value is -1.10. The van der Waals surface area contributed by atoms with Gasteiger partial charge in [0.25, 0.3) is 0 Å². The first-order valence-corrected chi connectivity index (χ1v) is 4.58. The van der Waals surface area contributed by atoms with Crippen LogP contribution in [0.2, 0.25) is 0 Å². The Bertz CT molecular complexity index is 213. The Morgan fingerprint density at radius 1 is 1.43 bits per heavy atom. The first-order chi connectivity index (χ1) is 6.45. The number of nitrogens with zero attached hydrogens (tertiary/aromatic N) is 1. The van der Waals surface area contributed by atoms with Gasteiger partial charge in [0.05, 0.1) is 12.6 Å². The van der Waals surface area contributed by atoms with Crippen molar-refractivity contribution in [3.05, 3.63) is 0 Å². The summed E-state index contributed by atoms with van der Waals surface area (Å²) in [4.78, 5) is 23.1. The predicted octanol–water partition coefficient (Wildman–Crippen LogP) is 0.0789. The maximum absolute atomic E-state index is 11.2. The van der Waals surface area contributed by atoms with Gasteiger partial charge < -0.3 is 15.1 Å². The highest BCUT2D eigenvalue weighted by Crippen LogP contribution is 2.09.